The van der Waals surface area contributed by atoms with Gasteiger partial charge >= 0.3 is 11.9 Å². The van der Waals surface area contributed by atoms with Crippen LogP contribution in [0, 0.1) is 0 Å². The molecule has 0 bridgehead atoms. The molecule has 9 heteroatoms. The number of carboxylic acid groups (broad SMARTS) is 1. The molecule has 5 rings (SSSR count). The van der Waals surface area contributed by atoms with E-state index in [-0.39, 0.29) is 49.1 Å². The van der Waals surface area contributed by atoms with Gasteiger partial charge in [0.1, 0.15) is 12.4 Å². The Kier molecular flexibility index (Phi) is 4.75. The number of carbonyl (C=O) groups excluding carboxylic acids is 1. The first-order valence-corrected chi connectivity index (χ1v) is 10.7. The maximum atomic E-state index is 13.3. The molecule has 0 unspecified atom stereocenters. The highest BCUT2D eigenvalue weighted by Gasteiger charge is 2.45. The number of carboxylic acids is 1. The number of fused-ring (bicyclic) bond motifs is 5. The van der Waals surface area contributed by atoms with Gasteiger partial charge in [0.15, 0.2) is 5.60 Å². The monoisotopic (exact) mass is 450 g/mol. The molecule has 2 N–H and O–H groups in total. The summed E-state index contributed by atoms with van der Waals surface area (Å²) < 4.78 is 12.1. The van der Waals surface area contributed by atoms with Crippen molar-refractivity contribution in [1.29, 1.82) is 0 Å². The van der Waals surface area contributed by atoms with Crippen molar-refractivity contribution in [2.24, 2.45) is 0 Å². The normalized spacial score (nSPS) is 18.5. The minimum Gasteiger partial charge on any atom is -0.496 e. The molecule has 4 heterocycles. The van der Waals surface area contributed by atoms with E-state index >= 15 is 0 Å². The number of methoxy groups -OCH3 is 1. The average molecular weight is 450 g/mol. The summed E-state index contributed by atoms with van der Waals surface area (Å²) in [6, 6.07) is 7.12. The van der Waals surface area contributed by atoms with E-state index in [2.05, 4.69) is 0 Å². The first kappa shape index (κ1) is 21.1. The molecule has 0 fully saturated rings. The van der Waals surface area contributed by atoms with E-state index in [4.69, 9.17) is 19.6 Å². The minimum atomic E-state index is -1.88. The van der Waals surface area contributed by atoms with Crippen LogP contribution < -0.4 is 10.3 Å². The number of pyridine rings is 2. The maximum absolute atomic E-state index is 13.3. The summed E-state index contributed by atoms with van der Waals surface area (Å²) >= 11 is 0. The summed E-state index contributed by atoms with van der Waals surface area (Å²) in [7, 11) is 1.53. The van der Waals surface area contributed by atoms with Crippen molar-refractivity contribution in [1.82, 2.24) is 9.55 Å². The van der Waals surface area contributed by atoms with Gasteiger partial charge in [-0.25, -0.2) is 9.78 Å². The predicted molar refractivity (Wildman–Crippen MR) is 117 cm³/mol. The molecule has 2 aliphatic heterocycles. The predicted octanol–water partition coefficient (Wildman–Crippen LogP) is 2.11. The van der Waals surface area contributed by atoms with Gasteiger partial charge in [-0.3, -0.25) is 9.59 Å². The lowest BCUT2D eigenvalue weighted by molar-refractivity contribution is -0.172. The molecule has 0 amide bonds. The molecule has 1 aromatic carbocycles. The lowest BCUT2D eigenvalue weighted by atomic mass is 9.86. The molecule has 0 radical (unpaired) electrons. The van der Waals surface area contributed by atoms with Crippen LogP contribution in [-0.2, 0) is 39.5 Å². The Morgan fingerprint density at radius 2 is 2.09 bits per heavy atom. The topological polar surface area (TPSA) is 128 Å². The zero-order chi connectivity index (χ0) is 23.5. The van der Waals surface area contributed by atoms with Crippen LogP contribution in [0.5, 0.6) is 5.75 Å². The summed E-state index contributed by atoms with van der Waals surface area (Å²) in [6.07, 6.45) is 0.301. The highest BCUT2D eigenvalue weighted by molar-refractivity contribution is 5.89. The van der Waals surface area contributed by atoms with Gasteiger partial charge in [0.25, 0.3) is 5.56 Å². The summed E-state index contributed by atoms with van der Waals surface area (Å²) in [4.78, 5) is 41.5. The van der Waals surface area contributed by atoms with Gasteiger partial charge in [0.05, 0.1) is 36.1 Å². The molecule has 0 saturated heterocycles. The van der Waals surface area contributed by atoms with Crippen molar-refractivity contribution in [3.05, 3.63) is 56.9 Å². The first-order valence-electron chi connectivity index (χ1n) is 10.7. The Labute approximate surface area is 188 Å². The van der Waals surface area contributed by atoms with Crippen molar-refractivity contribution in [2.45, 2.75) is 44.9 Å². The van der Waals surface area contributed by atoms with Crippen LogP contribution in [0.3, 0.4) is 0 Å². The number of nitrogens with zero attached hydrogens (tertiary/aromatic N) is 2. The van der Waals surface area contributed by atoms with Crippen LogP contribution in [-0.4, -0.2) is 38.8 Å². The summed E-state index contributed by atoms with van der Waals surface area (Å²) in [5.41, 5.74) is 1.63. The van der Waals surface area contributed by atoms with Crippen LogP contribution in [0.1, 0.15) is 42.0 Å². The number of hydrogen-bond acceptors (Lipinski definition) is 7. The number of esters is 1. The summed E-state index contributed by atoms with van der Waals surface area (Å²) in [6.45, 7) is 1.75. The van der Waals surface area contributed by atoms with Gasteiger partial charge in [0, 0.05) is 28.5 Å². The van der Waals surface area contributed by atoms with E-state index in [9.17, 15) is 19.5 Å². The third-order valence-electron chi connectivity index (χ3n) is 6.57. The third kappa shape index (κ3) is 3.03. The van der Waals surface area contributed by atoms with Gasteiger partial charge in [0.2, 0.25) is 0 Å². The molecule has 3 aromatic rings. The molecular formula is C24H22N2O7. The lowest BCUT2D eigenvalue weighted by Crippen LogP contribution is -2.44. The maximum Gasteiger partial charge on any atom is 0.343 e. The fourth-order valence-corrected chi connectivity index (χ4v) is 4.77. The van der Waals surface area contributed by atoms with E-state index in [0.29, 0.717) is 22.7 Å². The number of aliphatic hydroxyl groups is 1. The Morgan fingerprint density at radius 3 is 2.79 bits per heavy atom. The summed E-state index contributed by atoms with van der Waals surface area (Å²) in [5.74, 6) is -1.09. The zero-order valence-corrected chi connectivity index (χ0v) is 18.2. The van der Waals surface area contributed by atoms with Gasteiger partial charge < -0.3 is 24.3 Å². The van der Waals surface area contributed by atoms with E-state index < -0.39 is 17.5 Å². The fourth-order valence-electron chi connectivity index (χ4n) is 4.77. The van der Waals surface area contributed by atoms with Crippen molar-refractivity contribution in [3.8, 4) is 17.1 Å². The van der Waals surface area contributed by atoms with Crippen LogP contribution in [0.15, 0.2) is 29.1 Å². The number of aryl methyl sites for hydroxylation is 1. The number of rotatable bonds is 5. The fraction of sp³-hybridized carbons (Fsp3) is 0.333. The second-order valence-corrected chi connectivity index (χ2v) is 8.31. The lowest BCUT2D eigenvalue weighted by Gasteiger charge is -2.31. The standard InChI is InChI=1S/C24H22N2O7/c1-3-24(31)16-9-18-21-12(10-26(18)22(29)15(16)11-33-23(24)30)8-14-13(4-7-20(27)28)19(32-2)6-5-17(14)25-21/h5-6,8-9,31H,3-4,7,10-11H2,1-2H3,(H,27,28)/t24-/m0/s1. The Hall–Kier alpha value is -3.72. The van der Waals surface area contributed by atoms with Gasteiger partial charge in [-0.2, -0.15) is 0 Å². The SMILES string of the molecule is CC[C@@]1(O)C(=O)OCc2c1cc1n(c2=O)Cc2cc3c(CCC(=O)O)c(OC)ccc3nc2-1. The molecule has 0 aliphatic carbocycles. The molecule has 2 aromatic heterocycles. The minimum absolute atomic E-state index is 0.0530. The van der Waals surface area contributed by atoms with E-state index in [1.165, 1.54) is 7.11 Å². The molecular weight excluding hydrogens is 428 g/mol. The number of benzene rings is 1. The molecule has 9 nitrogen and oxygen atoms in total. The van der Waals surface area contributed by atoms with E-state index in [1.807, 2.05) is 6.07 Å². The molecule has 1 atom stereocenters. The van der Waals surface area contributed by atoms with Crippen molar-refractivity contribution >= 4 is 22.8 Å². The van der Waals surface area contributed by atoms with Gasteiger partial charge in [-0.1, -0.05) is 6.92 Å². The molecule has 0 saturated carbocycles. The van der Waals surface area contributed by atoms with Crippen LogP contribution in [0.25, 0.3) is 22.3 Å². The number of hydrogen-bond donors (Lipinski definition) is 2. The molecule has 0 spiro atoms. The second kappa shape index (κ2) is 7.41. The number of cyclic esters (lactones) is 1. The van der Waals surface area contributed by atoms with Crippen LogP contribution in [0.4, 0.5) is 0 Å². The molecule has 2 aliphatic rings. The number of ether oxygens (including phenoxy) is 2. The van der Waals surface area contributed by atoms with Crippen molar-refractivity contribution < 1.29 is 29.3 Å². The number of carbonyl (C=O) groups is 2. The number of aliphatic carboxylic acids is 1. The van der Waals surface area contributed by atoms with Gasteiger partial charge in [-0.15, -0.1) is 0 Å². The Balaban J connectivity index is 1.71. The Morgan fingerprint density at radius 1 is 1.30 bits per heavy atom. The average Bonchev–Trinajstić information content (AvgIpc) is 3.16. The van der Waals surface area contributed by atoms with Gasteiger partial charge in [-0.05, 0) is 37.1 Å². The smallest absolute Gasteiger partial charge is 0.343 e. The Bertz CT molecular complexity index is 1410. The van der Waals surface area contributed by atoms with E-state index in [1.54, 1.807) is 29.7 Å². The number of aromatic nitrogens is 2. The highest BCUT2D eigenvalue weighted by atomic mass is 16.6. The quantitative estimate of drug-likeness (QED) is 0.443. The van der Waals surface area contributed by atoms with Crippen LogP contribution >= 0.6 is 0 Å². The summed E-state index contributed by atoms with van der Waals surface area (Å²) in [5, 5.41) is 20.9. The molecule has 33 heavy (non-hydrogen) atoms. The van der Waals surface area contributed by atoms with E-state index in [0.717, 1.165) is 16.5 Å². The van der Waals surface area contributed by atoms with Crippen molar-refractivity contribution in [2.75, 3.05) is 7.11 Å². The molecule has 170 valence electrons. The van der Waals surface area contributed by atoms with Crippen molar-refractivity contribution in [3.63, 3.8) is 0 Å². The van der Waals surface area contributed by atoms with Crippen LogP contribution in [0.2, 0.25) is 0 Å². The highest BCUT2D eigenvalue weighted by Crippen LogP contribution is 2.39. The first-order chi connectivity index (χ1) is 15.8. The second-order valence-electron chi connectivity index (χ2n) is 8.31. The largest absolute Gasteiger partial charge is 0.496 e. The third-order valence-corrected chi connectivity index (χ3v) is 6.57. The zero-order valence-electron chi connectivity index (χ0n) is 18.2.